The second-order valence-corrected chi connectivity index (χ2v) is 4.97. The molecule has 0 aromatic heterocycles. The van der Waals surface area contributed by atoms with Crippen LogP contribution in [0.15, 0.2) is 0 Å². The smallest absolute Gasteiger partial charge is 0.328 e. The lowest BCUT2D eigenvalue weighted by Crippen LogP contribution is -2.57. The van der Waals surface area contributed by atoms with Crippen LogP contribution in [-0.2, 0) is 14.3 Å². The maximum absolute atomic E-state index is 12.0. The molecule has 19 heavy (non-hydrogen) atoms. The van der Waals surface area contributed by atoms with Crippen LogP contribution in [0.2, 0.25) is 0 Å². The number of carboxylic acid groups (broad SMARTS) is 1. The molecular weight excluding hydrogens is 252 g/mol. The molecule has 1 unspecified atom stereocenters. The summed E-state index contributed by atoms with van der Waals surface area (Å²) in [5, 5.41) is 11.7. The quantitative estimate of drug-likeness (QED) is 0.752. The number of carboxylic acids is 1. The summed E-state index contributed by atoms with van der Waals surface area (Å²) in [4.78, 5) is 24.3. The summed E-state index contributed by atoms with van der Waals surface area (Å²) in [6.07, 6.45) is 0. The van der Waals surface area contributed by atoms with Gasteiger partial charge >= 0.3 is 12.0 Å². The molecular formula is C12H22N2O5. The normalized spacial score (nSPS) is 20.2. The number of morpholine rings is 1. The Balaban J connectivity index is 2.54. The highest BCUT2D eigenvalue weighted by molar-refractivity contribution is 5.83. The molecule has 110 valence electrons. The van der Waals surface area contributed by atoms with Gasteiger partial charge in [-0.05, 0) is 20.8 Å². The number of hydrogen-bond donors (Lipinski definition) is 2. The van der Waals surface area contributed by atoms with Gasteiger partial charge < -0.3 is 24.8 Å². The van der Waals surface area contributed by atoms with Gasteiger partial charge in [0.1, 0.15) is 0 Å². The standard InChI is InChI=1S/C12H22N2O5/c1-4-19-12(2,3)8-13-11(17)14-5-6-18-7-9(14)10(15)16/h9H,4-8H2,1-3H3,(H,13,17)(H,15,16). The lowest BCUT2D eigenvalue weighted by Gasteiger charge is -2.34. The van der Waals surface area contributed by atoms with E-state index in [0.717, 1.165) is 0 Å². The molecule has 0 aliphatic carbocycles. The van der Waals surface area contributed by atoms with Crippen molar-refractivity contribution in [3.8, 4) is 0 Å². The predicted molar refractivity (Wildman–Crippen MR) is 68.1 cm³/mol. The van der Waals surface area contributed by atoms with E-state index in [-0.39, 0.29) is 13.2 Å². The summed E-state index contributed by atoms with van der Waals surface area (Å²) in [6.45, 7) is 7.14. The van der Waals surface area contributed by atoms with Crippen LogP contribution in [0.1, 0.15) is 20.8 Å². The molecule has 7 nitrogen and oxygen atoms in total. The van der Waals surface area contributed by atoms with Crippen LogP contribution >= 0.6 is 0 Å². The van der Waals surface area contributed by atoms with Crippen molar-refractivity contribution >= 4 is 12.0 Å². The molecule has 1 aliphatic heterocycles. The molecule has 2 amide bonds. The van der Waals surface area contributed by atoms with Crippen LogP contribution in [0.4, 0.5) is 4.79 Å². The molecule has 0 aromatic carbocycles. The second kappa shape index (κ2) is 6.72. The average molecular weight is 274 g/mol. The minimum atomic E-state index is -1.06. The highest BCUT2D eigenvalue weighted by atomic mass is 16.5. The molecule has 0 saturated carbocycles. The number of nitrogens with one attached hydrogen (secondary N) is 1. The molecule has 0 aromatic rings. The number of ether oxygens (including phenoxy) is 2. The monoisotopic (exact) mass is 274 g/mol. The highest BCUT2D eigenvalue weighted by Crippen LogP contribution is 2.10. The zero-order valence-electron chi connectivity index (χ0n) is 11.6. The number of aliphatic carboxylic acids is 1. The average Bonchev–Trinajstić information content (AvgIpc) is 2.36. The number of carbonyl (C=O) groups is 2. The Labute approximate surface area is 112 Å². The molecule has 0 radical (unpaired) electrons. The molecule has 1 aliphatic rings. The number of nitrogens with zero attached hydrogens (tertiary/aromatic N) is 1. The molecule has 1 saturated heterocycles. The fourth-order valence-electron chi connectivity index (χ4n) is 1.88. The van der Waals surface area contributed by atoms with Gasteiger partial charge in [-0.2, -0.15) is 0 Å². The molecule has 1 rings (SSSR count). The predicted octanol–water partition coefficient (Wildman–Crippen LogP) is 0.297. The third kappa shape index (κ3) is 4.68. The van der Waals surface area contributed by atoms with E-state index in [4.69, 9.17) is 14.6 Å². The molecule has 0 spiro atoms. The van der Waals surface area contributed by atoms with E-state index < -0.39 is 23.6 Å². The van der Waals surface area contributed by atoms with E-state index in [9.17, 15) is 9.59 Å². The number of amides is 2. The number of urea groups is 1. The van der Waals surface area contributed by atoms with Crippen molar-refractivity contribution in [1.29, 1.82) is 0 Å². The van der Waals surface area contributed by atoms with Crippen LogP contribution in [0.5, 0.6) is 0 Å². The largest absolute Gasteiger partial charge is 0.480 e. The van der Waals surface area contributed by atoms with Gasteiger partial charge in [0.15, 0.2) is 6.04 Å². The zero-order chi connectivity index (χ0) is 14.5. The third-order valence-corrected chi connectivity index (χ3v) is 2.87. The van der Waals surface area contributed by atoms with Gasteiger partial charge in [-0.3, -0.25) is 0 Å². The van der Waals surface area contributed by atoms with Crippen molar-refractivity contribution in [2.45, 2.75) is 32.4 Å². The zero-order valence-corrected chi connectivity index (χ0v) is 11.6. The lowest BCUT2D eigenvalue weighted by atomic mass is 10.1. The minimum Gasteiger partial charge on any atom is -0.480 e. The molecule has 2 N–H and O–H groups in total. The maximum Gasteiger partial charge on any atom is 0.328 e. The van der Waals surface area contributed by atoms with Crippen LogP contribution in [0, 0.1) is 0 Å². The molecule has 1 atom stereocenters. The molecule has 1 heterocycles. The van der Waals surface area contributed by atoms with Gasteiger partial charge in [-0.1, -0.05) is 0 Å². The fraction of sp³-hybridized carbons (Fsp3) is 0.833. The number of hydrogen-bond acceptors (Lipinski definition) is 4. The van der Waals surface area contributed by atoms with Crippen molar-refractivity contribution in [1.82, 2.24) is 10.2 Å². The van der Waals surface area contributed by atoms with E-state index in [0.29, 0.717) is 19.8 Å². The Hall–Kier alpha value is -1.34. The van der Waals surface area contributed by atoms with E-state index >= 15 is 0 Å². The van der Waals surface area contributed by atoms with E-state index in [1.807, 2.05) is 20.8 Å². The number of carbonyl (C=O) groups excluding carboxylic acids is 1. The Bertz CT molecular complexity index is 332. The van der Waals surface area contributed by atoms with E-state index in [1.165, 1.54) is 4.90 Å². The summed E-state index contributed by atoms with van der Waals surface area (Å²) < 4.78 is 10.5. The van der Waals surface area contributed by atoms with Crippen LogP contribution < -0.4 is 5.32 Å². The Morgan fingerprint density at radius 2 is 2.21 bits per heavy atom. The van der Waals surface area contributed by atoms with E-state index in [2.05, 4.69) is 5.32 Å². The first-order chi connectivity index (χ1) is 8.87. The Morgan fingerprint density at radius 1 is 1.53 bits per heavy atom. The fourth-order valence-corrected chi connectivity index (χ4v) is 1.88. The van der Waals surface area contributed by atoms with Gasteiger partial charge in [0.05, 0.1) is 18.8 Å². The van der Waals surface area contributed by atoms with Crippen LogP contribution in [0.25, 0.3) is 0 Å². The number of rotatable bonds is 5. The maximum atomic E-state index is 12.0. The summed E-state index contributed by atoms with van der Waals surface area (Å²) >= 11 is 0. The topological polar surface area (TPSA) is 88.1 Å². The first-order valence-electron chi connectivity index (χ1n) is 6.36. The Morgan fingerprint density at radius 3 is 2.79 bits per heavy atom. The van der Waals surface area contributed by atoms with Gasteiger partial charge in [0.2, 0.25) is 0 Å². The van der Waals surface area contributed by atoms with Crippen LogP contribution in [-0.4, -0.2) is 66.6 Å². The first-order valence-corrected chi connectivity index (χ1v) is 6.36. The van der Waals surface area contributed by atoms with Crippen molar-refractivity contribution in [3.05, 3.63) is 0 Å². The summed E-state index contributed by atoms with van der Waals surface area (Å²) in [6, 6.07) is -1.33. The summed E-state index contributed by atoms with van der Waals surface area (Å²) in [5.74, 6) is -1.06. The van der Waals surface area contributed by atoms with Gasteiger partial charge in [-0.15, -0.1) is 0 Å². The summed E-state index contributed by atoms with van der Waals surface area (Å²) in [7, 11) is 0. The molecule has 0 bridgehead atoms. The van der Waals surface area contributed by atoms with Crippen molar-refractivity contribution in [3.63, 3.8) is 0 Å². The second-order valence-electron chi connectivity index (χ2n) is 4.97. The minimum absolute atomic E-state index is 0.0254. The molecule has 1 fully saturated rings. The van der Waals surface area contributed by atoms with Crippen molar-refractivity contribution in [2.24, 2.45) is 0 Å². The highest BCUT2D eigenvalue weighted by Gasteiger charge is 2.33. The van der Waals surface area contributed by atoms with Crippen molar-refractivity contribution < 1.29 is 24.2 Å². The van der Waals surface area contributed by atoms with Gasteiger partial charge in [0, 0.05) is 19.7 Å². The van der Waals surface area contributed by atoms with Gasteiger partial charge in [-0.25, -0.2) is 9.59 Å². The molecule has 7 heteroatoms. The third-order valence-electron chi connectivity index (χ3n) is 2.87. The summed E-state index contributed by atoms with van der Waals surface area (Å²) in [5.41, 5.74) is -0.477. The van der Waals surface area contributed by atoms with Crippen molar-refractivity contribution in [2.75, 3.05) is 32.9 Å². The van der Waals surface area contributed by atoms with Crippen LogP contribution in [0.3, 0.4) is 0 Å². The lowest BCUT2D eigenvalue weighted by molar-refractivity contribution is -0.147. The first kappa shape index (κ1) is 15.7. The van der Waals surface area contributed by atoms with Gasteiger partial charge in [0.25, 0.3) is 0 Å². The Kier molecular flexibility index (Phi) is 5.56. The SMILES string of the molecule is CCOC(C)(C)CNC(=O)N1CCOCC1C(=O)O. The van der Waals surface area contributed by atoms with E-state index in [1.54, 1.807) is 0 Å².